The maximum Gasteiger partial charge on any atom is 0.132 e. The zero-order valence-corrected chi connectivity index (χ0v) is 14.2. The Labute approximate surface area is 139 Å². The van der Waals surface area contributed by atoms with Crippen molar-refractivity contribution < 1.29 is 4.74 Å². The Morgan fingerprint density at radius 2 is 2.26 bits per heavy atom. The number of anilines is 1. The fourth-order valence-electron chi connectivity index (χ4n) is 3.62. The van der Waals surface area contributed by atoms with Gasteiger partial charge in [-0.25, -0.2) is 9.97 Å². The molecular formula is C17H29N5O. The molecule has 2 aliphatic rings. The normalized spacial score (nSPS) is 22.4. The topological polar surface area (TPSA) is 62.3 Å². The van der Waals surface area contributed by atoms with Crippen LogP contribution in [0.3, 0.4) is 0 Å². The van der Waals surface area contributed by atoms with E-state index >= 15 is 0 Å². The van der Waals surface area contributed by atoms with Gasteiger partial charge in [-0.05, 0) is 38.3 Å². The summed E-state index contributed by atoms with van der Waals surface area (Å²) in [5.74, 6) is 1.79. The molecule has 0 bridgehead atoms. The summed E-state index contributed by atoms with van der Waals surface area (Å²) in [6, 6.07) is 0. The van der Waals surface area contributed by atoms with E-state index in [4.69, 9.17) is 4.74 Å². The van der Waals surface area contributed by atoms with Gasteiger partial charge in [0.05, 0.1) is 12.3 Å². The number of ether oxygens (including phenoxy) is 1. The molecule has 3 heterocycles. The van der Waals surface area contributed by atoms with Crippen LogP contribution in [0.4, 0.5) is 5.82 Å². The molecule has 2 N–H and O–H groups in total. The van der Waals surface area contributed by atoms with Crippen molar-refractivity contribution in [3.8, 4) is 0 Å². The Kier molecular flexibility index (Phi) is 6.19. The zero-order valence-electron chi connectivity index (χ0n) is 14.2. The van der Waals surface area contributed by atoms with Gasteiger partial charge in [0.2, 0.25) is 0 Å². The average molecular weight is 319 g/mol. The minimum Gasteiger partial charge on any atom is -0.383 e. The van der Waals surface area contributed by atoms with Crippen LogP contribution >= 0.6 is 0 Å². The van der Waals surface area contributed by atoms with Crippen LogP contribution in [0.1, 0.15) is 24.1 Å². The van der Waals surface area contributed by atoms with Gasteiger partial charge in [-0.2, -0.15) is 0 Å². The van der Waals surface area contributed by atoms with Crippen LogP contribution in [0, 0.1) is 5.92 Å². The molecule has 0 aromatic carbocycles. The van der Waals surface area contributed by atoms with Crippen LogP contribution in [-0.2, 0) is 17.6 Å². The Morgan fingerprint density at radius 3 is 3.09 bits per heavy atom. The molecule has 23 heavy (non-hydrogen) atoms. The number of nitrogens with zero attached hydrogens (tertiary/aromatic N) is 3. The van der Waals surface area contributed by atoms with Crippen molar-refractivity contribution in [2.45, 2.75) is 25.7 Å². The molecule has 0 aliphatic carbocycles. The summed E-state index contributed by atoms with van der Waals surface area (Å²) in [7, 11) is 1.72. The van der Waals surface area contributed by atoms with E-state index in [2.05, 4.69) is 25.5 Å². The summed E-state index contributed by atoms with van der Waals surface area (Å²) in [6.45, 7) is 7.27. The quantitative estimate of drug-likeness (QED) is 0.761. The Bertz CT molecular complexity index is 490. The van der Waals surface area contributed by atoms with E-state index < -0.39 is 0 Å². The summed E-state index contributed by atoms with van der Waals surface area (Å²) in [6.07, 6.45) is 6.43. The second kappa shape index (κ2) is 8.57. The number of nitrogens with one attached hydrogen (secondary N) is 2. The number of rotatable bonds is 6. The molecule has 6 heteroatoms. The van der Waals surface area contributed by atoms with Gasteiger partial charge in [-0.3, -0.25) is 0 Å². The summed E-state index contributed by atoms with van der Waals surface area (Å²) >= 11 is 0. The number of methoxy groups -OCH3 is 1. The van der Waals surface area contributed by atoms with Gasteiger partial charge >= 0.3 is 0 Å². The molecule has 1 aromatic heterocycles. The highest BCUT2D eigenvalue weighted by Crippen LogP contribution is 2.21. The van der Waals surface area contributed by atoms with Crippen molar-refractivity contribution in [2.75, 3.05) is 58.3 Å². The minimum atomic E-state index is 0.694. The maximum atomic E-state index is 5.11. The van der Waals surface area contributed by atoms with E-state index in [1.54, 1.807) is 13.4 Å². The van der Waals surface area contributed by atoms with E-state index in [-0.39, 0.29) is 0 Å². The van der Waals surface area contributed by atoms with Crippen molar-refractivity contribution in [1.29, 1.82) is 0 Å². The van der Waals surface area contributed by atoms with Crippen LogP contribution in [0.15, 0.2) is 6.33 Å². The lowest BCUT2D eigenvalue weighted by Crippen LogP contribution is -2.39. The first-order valence-electron chi connectivity index (χ1n) is 8.85. The van der Waals surface area contributed by atoms with E-state index in [1.807, 2.05) is 0 Å². The first kappa shape index (κ1) is 16.6. The molecule has 0 radical (unpaired) electrons. The van der Waals surface area contributed by atoms with Crippen molar-refractivity contribution >= 4 is 5.82 Å². The number of fused-ring (bicyclic) bond motifs is 1. The fraction of sp³-hybridized carbons (Fsp3) is 0.765. The fourth-order valence-corrected chi connectivity index (χ4v) is 3.62. The summed E-state index contributed by atoms with van der Waals surface area (Å²) in [5, 5.41) is 6.92. The zero-order chi connectivity index (χ0) is 15.9. The van der Waals surface area contributed by atoms with Crippen LogP contribution in [-0.4, -0.2) is 67.9 Å². The average Bonchev–Trinajstić information content (AvgIpc) is 2.79. The molecule has 0 unspecified atom stereocenters. The van der Waals surface area contributed by atoms with Crippen LogP contribution in [0.25, 0.3) is 0 Å². The lowest BCUT2D eigenvalue weighted by molar-refractivity contribution is 0.210. The summed E-state index contributed by atoms with van der Waals surface area (Å²) in [4.78, 5) is 11.6. The molecular weight excluding hydrogens is 290 g/mol. The highest BCUT2D eigenvalue weighted by Gasteiger charge is 2.21. The summed E-state index contributed by atoms with van der Waals surface area (Å²) < 4.78 is 5.11. The molecule has 1 aromatic rings. The van der Waals surface area contributed by atoms with E-state index in [1.165, 1.54) is 43.7 Å². The van der Waals surface area contributed by atoms with Gasteiger partial charge < -0.3 is 20.3 Å². The van der Waals surface area contributed by atoms with Crippen LogP contribution < -0.4 is 10.6 Å². The molecule has 1 saturated heterocycles. The van der Waals surface area contributed by atoms with Crippen molar-refractivity contribution in [2.24, 2.45) is 5.92 Å². The lowest BCUT2D eigenvalue weighted by Gasteiger charge is -2.29. The summed E-state index contributed by atoms with van der Waals surface area (Å²) in [5.41, 5.74) is 2.51. The molecule has 0 saturated carbocycles. The predicted octanol–water partition coefficient (Wildman–Crippen LogP) is 0.935. The molecule has 6 nitrogen and oxygen atoms in total. The third-order valence-electron chi connectivity index (χ3n) is 4.89. The minimum absolute atomic E-state index is 0.694. The van der Waals surface area contributed by atoms with Crippen molar-refractivity contribution in [1.82, 2.24) is 20.2 Å². The van der Waals surface area contributed by atoms with E-state index in [0.717, 1.165) is 44.2 Å². The standard InChI is InChI=1S/C17H29N5O/c1-23-10-7-19-17-15-4-8-22(9-5-16(15)20-13-21-17)12-14-3-2-6-18-11-14/h13-14,18H,2-12H2,1H3,(H,19,20,21)/t14-/m0/s1. The Balaban J connectivity index is 1.59. The first-order chi connectivity index (χ1) is 11.4. The highest BCUT2D eigenvalue weighted by molar-refractivity contribution is 5.46. The number of hydrogen-bond acceptors (Lipinski definition) is 6. The molecule has 2 aliphatic heterocycles. The Hall–Kier alpha value is -1.24. The van der Waals surface area contributed by atoms with Gasteiger partial charge in [0, 0.05) is 45.3 Å². The van der Waals surface area contributed by atoms with E-state index in [9.17, 15) is 0 Å². The highest BCUT2D eigenvalue weighted by atomic mass is 16.5. The second-order valence-corrected chi connectivity index (χ2v) is 6.58. The molecule has 1 atom stereocenters. The third kappa shape index (κ3) is 4.62. The largest absolute Gasteiger partial charge is 0.383 e. The first-order valence-corrected chi connectivity index (χ1v) is 8.85. The van der Waals surface area contributed by atoms with Gasteiger partial charge in [-0.15, -0.1) is 0 Å². The molecule has 3 rings (SSSR count). The monoisotopic (exact) mass is 319 g/mol. The Morgan fingerprint density at radius 1 is 1.35 bits per heavy atom. The molecule has 1 fully saturated rings. The smallest absolute Gasteiger partial charge is 0.132 e. The number of aromatic nitrogens is 2. The van der Waals surface area contributed by atoms with Crippen molar-refractivity contribution in [3.05, 3.63) is 17.6 Å². The molecule has 128 valence electrons. The van der Waals surface area contributed by atoms with Gasteiger partial charge in [0.25, 0.3) is 0 Å². The lowest BCUT2D eigenvalue weighted by atomic mass is 9.99. The van der Waals surface area contributed by atoms with Gasteiger partial charge in [0.15, 0.2) is 0 Å². The third-order valence-corrected chi connectivity index (χ3v) is 4.89. The number of piperidine rings is 1. The van der Waals surface area contributed by atoms with E-state index in [0.29, 0.717) is 6.61 Å². The molecule has 0 spiro atoms. The van der Waals surface area contributed by atoms with Gasteiger partial charge in [0.1, 0.15) is 12.1 Å². The predicted molar refractivity (Wildman–Crippen MR) is 91.8 cm³/mol. The van der Waals surface area contributed by atoms with Crippen LogP contribution in [0.2, 0.25) is 0 Å². The van der Waals surface area contributed by atoms with Gasteiger partial charge in [-0.1, -0.05) is 0 Å². The molecule has 0 amide bonds. The van der Waals surface area contributed by atoms with Crippen LogP contribution in [0.5, 0.6) is 0 Å². The maximum absolute atomic E-state index is 5.11. The number of hydrogen-bond donors (Lipinski definition) is 2. The SMILES string of the molecule is COCCNc1ncnc2c1CCN(C[C@H]1CCCNC1)CC2. The second-order valence-electron chi connectivity index (χ2n) is 6.58. The van der Waals surface area contributed by atoms with Crippen molar-refractivity contribution in [3.63, 3.8) is 0 Å².